The van der Waals surface area contributed by atoms with Gasteiger partial charge in [-0.15, -0.1) is 6.58 Å². The van der Waals surface area contributed by atoms with Gasteiger partial charge in [0, 0.05) is 38.1 Å². The molecular weight excluding hydrogens is 388 g/mol. The van der Waals surface area contributed by atoms with E-state index in [0.29, 0.717) is 25.8 Å². The van der Waals surface area contributed by atoms with E-state index in [1.807, 2.05) is 0 Å². The summed E-state index contributed by atoms with van der Waals surface area (Å²) in [5, 5.41) is 8.84. The maximum atomic E-state index is 14.4. The van der Waals surface area contributed by atoms with Crippen LogP contribution in [0.25, 0.3) is 0 Å². The first-order valence-corrected chi connectivity index (χ1v) is 10.7. The summed E-state index contributed by atoms with van der Waals surface area (Å²) in [6, 6.07) is 5.77. The van der Waals surface area contributed by atoms with Gasteiger partial charge in [-0.25, -0.2) is 13.6 Å². The molecule has 1 amide bonds. The third kappa shape index (κ3) is 4.99. The Kier molecular flexibility index (Phi) is 7.43. The Morgan fingerprint density at radius 2 is 2.00 bits per heavy atom. The standard InChI is InChI=1S/C23H30F2N3O2/c1-2-3-5-13-27(22-19(24)8-7-9-20(22)25)23(29)30-21-17-28(14-6-4-12-26)15-10-18(21)11-16-28/h2,7-9,18,21H,1,3-6,10-11,13-17H2/q+1/t18?,21-,28?/m0/s1. The Morgan fingerprint density at radius 1 is 1.30 bits per heavy atom. The maximum absolute atomic E-state index is 14.4. The number of ether oxygens (including phenoxy) is 1. The number of para-hydroxylation sites is 1. The second-order valence-electron chi connectivity index (χ2n) is 8.37. The zero-order valence-corrected chi connectivity index (χ0v) is 17.4. The molecular formula is C23H30F2N3O2+. The minimum atomic E-state index is -0.778. The maximum Gasteiger partial charge on any atom is 0.414 e. The van der Waals surface area contributed by atoms with Crippen LogP contribution in [-0.2, 0) is 4.74 Å². The van der Waals surface area contributed by atoms with Crippen LogP contribution in [0.15, 0.2) is 30.9 Å². The normalized spacial score (nSPS) is 24.8. The number of allylic oxidation sites excluding steroid dienone is 1. The van der Waals surface area contributed by atoms with Gasteiger partial charge < -0.3 is 9.22 Å². The second-order valence-corrected chi connectivity index (χ2v) is 8.37. The first-order valence-electron chi connectivity index (χ1n) is 10.7. The number of anilines is 1. The summed E-state index contributed by atoms with van der Waals surface area (Å²) < 4.78 is 35.5. The van der Waals surface area contributed by atoms with Crippen molar-refractivity contribution < 1.29 is 22.8 Å². The van der Waals surface area contributed by atoms with Gasteiger partial charge in [-0.3, -0.25) is 4.90 Å². The molecule has 0 aromatic heterocycles. The first-order chi connectivity index (χ1) is 14.5. The third-order valence-electron chi connectivity index (χ3n) is 6.43. The Morgan fingerprint density at radius 3 is 2.63 bits per heavy atom. The number of halogens is 2. The van der Waals surface area contributed by atoms with Crippen molar-refractivity contribution in [2.45, 2.75) is 44.6 Å². The van der Waals surface area contributed by atoms with Gasteiger partial charge in [-0.05, 0) is 25.0 Å². The van der Waals surface area contributed by atoms with Gasteiger partial charge in [-0.2, -0.15) is 5.26 Å². The number of nitriles is 1. The molecule has 3 aliphatic heterocycles. The van der Waals surface area contributed by atoms with Crippen molar-refractivity contribution in [1.82, 2.24) is 0 Å². The summed E-state index contributed by atoms with van der Waals surface area (Å²) in [6.07, 6.45) is 5.21. The van der Waals surface area contributed by atoms with Crippen LogP contribution in [0.2, 0.25) is 0 Å². The summed E-state index contributed by atoms with van der Waals surface area (Å²) >= 11 is 0. The van der Waals surface area contributed by atoms with Crippen LogP contribution >= 0.6 is 0 Å². The SMILES string of the molecule is C=CCCCN(C(=O)O[C@H]1C[N+]2(CCCC#N)CCC1CC2)c1c(F)cccc1F. The van der Waals surface area contributed by atoms with Gasteiger partial charge in [0.25, 0.3) is 0 Å². The fourth-order valence-electron chi connectivity index (χ4n) is 4.79. The van der Waals surface area contributed by atoms with Crippen LogP contribution in [-0.4, -0.2) is 49.4 Å². The van der Waals surface area contributed by atoms with Gasteiger partial charge in [-0.1, -0.05) is 12.1 Å². The molecule has 30 heavy (non-hydrogen) atoms. The highest BCUT2D eigenvalue weighted by Crippen LogP contribution is 2.36. The highest BCUT2D eigenvalue weighted by atomic mass is 19.1. The topological polar surface area (TPSA) is 53.3 Å². The van der Waals surface area contributed by atoms with Gasteiger partial charge >= 0.3 is 6.09 Å². The van der Waals surface area contributed by atoms with E-state index in [1.165, 1.54) is 6.07 Å². The van der Waals surface area contributed by atoms with Crippen LogP contribution in [0.5, 0.6) is 0 Å². The molecule has 1 aromatic carbocycles. The summed E-state index contributed by atoms with van der Waals surface area (Å²) in [7, 11) is 0. The number of hydrogen-bond donors (Lipinski definition) is 0. The number of hydrogen-bond acceptors (Lipinski definition) is 3. The molecule has 4 rings (SSSR count). The lowest BCUT2D eigenvalue weighted by Crippen LogP contribution is -2.65. The number of benzene rings is 1. The lowest BCUT2D eigenvalue weighted by molar-refractivity contribution is -0.946. The monoisotopic (exact) mass is 418 g/mol. The minimum Gasteiger partial charge on any atom is -0.440 e. The van der Waals surface area contributed by atoms with E-state index in [2.05, 4.69) is 12.6 Å². The van der Waals surface area contributed by atoms with Crippen LogP contribution in [0, 0.1) is 28.9 Å². The number of rotatable bonds is 9. The number of carbonyl (C=O) groups excluding carboxylic acids is 1. The Labute approximate surface area is 177 Å². The zero-order valence-electron chi connectivity index (χ0n) is 17.4. The van der Waals surface area contributed by atoms with Crippen molar-refractivity contribution in [1.29, 1.82) is 5.26 Å². The van der Waals surface area contributed by atoms with E-state index >= 15 is 0 Å². The third-order valence-corrected chi connectivity index (χ3v) is 6.43. The van der Waals surface area contributed by atoms with E-state index in [4.69, 9.17) is 10.00 Å². The molecule has 1 aromatic rings. The van der Waals surface area contributed by atoms with E-state index < -0.39 is 17.7 Å². The zero-order chi connectivity index (χ0) is 21.6. The molecule has 0 spiro atoms. The number of amides is 1. The quantitative estimate of drug-likeness (QED) is 0.329. The van der Waals surface area contributed by atoms with Gasteiger partial charge in [0.15, 0.2) is 6.10 Å². The van der Waals surface area contributed by atoms with Crippen molar-refractivity contribution in [3.05, 3.63) is 42.5 Å². The molecule has 7 heteroatoms. The highest BCUT2D eigenvalue weighted by Gasteiger charge is 2.47. The van der Waals surface area contributed by atoms with E-state index in [1.54, 1.807) is 6.08 Å². The molecule has 3 saturated heterocycles. The van der Waals surface area contributed by atoms with Crippen molar-refractivity contribution >= 4 is 11.8 Å². The summed E-state index contributed by atoms with van der Waals surface area (Å²) in [4.78, 5) is 14.1. The summed E-state index contributed by atoms with van der Waals surface area (Å²) in [5.41, 5.74) is -0.356. The molecule has 3 fully saturated rings. The van der Waals surface area contributed by atoms with Gasteiger partial charge in [0.1, 0.15) is 23.9 Å². The average Bonchev–Trinajstić information content (AvgIpc) is 2.73. The molecule has 0 saturated carbocycles. The van der Waals surface area contributed by atoms with Crippen LogP contribution < -0.4 is 4.90 Å². The minimum absolute atomic E-state index is 0.155. The number of fused-ring (bicyclic) bond motifs is 3. The van der Waals surface area contributed by atoms with Crippen LogP contribution in [0.3, 0.4) is 0 Å². The molecule has 3 aliphatic rings. The molecule has 0 radical (unpaired) electrons. The lowest BCUT2D eigenvalue weighted by Gasteiger charge is -2.52. The van der Waals surface area contributed by atoms with Crippen LogP contribution in [0.1, 0.15) is 38.5 Å². The number of nitrogens with zero attached hydrogens (tertiary/aromatic N) is 3. The first kappa shape index (κ1) is 22.2. The number of quaternary nitrogens is 1. The molecule has 2 bridgehead atoms. The van der Waals surface area contributed by atoms with Crippen molar-refractivity contribution in [2.24, 2.45) is 5.92 Å². The number of piperidine rings is 3. The molecule has 0 N–H and O–H groups in total. The molecule has 162 valence electrons. The summed E-state index contributed by atoms with van der Waals surface area (Å²) in [5.74, 6) is -1.27. The Hall–Kier alpha value is -2.46. The molecule has 0 unspecified atom stereocenters. The average molecular weight is 419 g/mol. The highest BCUT2D eigenvalue weighted by molar-refractivity contribution is 5.88. The van der Waals surface area contributed by atoms with Crippen LogP contribution in [0.4, 0.5) is 19.3 Å². The largest absolute Gasteiger partial charge is 0.440 e. The van der Waals surface area contributed by atoms with Crippen molar-refractivity contribution in [2.75, 3.05) is 37.6 Å². The number of unbranched alkanes of at least 4 members (excludes halogenated alkanes) is 2. The van der Waals surface area contributed by atoms with Gasteiger partial charge in [0.05, 0.1) is 25.7 Å². The fraction of sp³-hybridized carbons (Fsp3) is 0.565. The summed E-state index contributed by atoms with van der Waals surface area (Å²) in [6.45, 7) is 7.50. The van der Waals surface area contributed by atoms with E-state index in [9.17, 15) is 13.6 Å². The molecule has 0 aliphatic carbocycles. The predicted molar refractivity (Wildman–Crippen MR) is 111 cm³/mol. The molecule has 5 nitrogen and oxygen atoms in total. The smallest absolute Gasteiger partial charge is 0.414 e. The Balaban J connectivity index is 1.73. The predicted octanol–water partition coefficient (Wildman–Crippen LogP) is 4.79. The molecule has 1 atom stereocenters. The Bertz CT molecular complexity index is 780. The second kappa shape index (κ2) is 10.0. The lowest BCUT2D eigenvalue weighted by atomic mass is 9.83. The van der Waals surface area contributed by atoms with Crippen molar-refractivity contribution in [3.8, 4) is 6.07 Å². The van der Waals surface area contributed by atoms with Gasteiger partial charge in [0.2, 0.25) is 0 Å². The van der Waals surface area contributed by atoms with Crippen molar-refractivity contribution in [3.63, 3.8) is 0 Å². The van der Waals surface area contributed by atoms with E-state index in [-0.39, 0.29) is 24.3 Å². The van der Waals surface area contributed by atoms with E-state index in [0.717, 1.165) is 60.4 Å². The fourth-order valence-corrected chi connectivity index (χ4v) is 4.79. The molecule has 3 heterocycles. The number of carbonyl (C=O) groups is 1.